The Morgan fingerprint density at radius 3 is 1.03 bits per heavy atom. The van der Waals surface area contributed by atoms with E-state index in [0.29, 0.717) is 0 Å². The summed E-state index contributed by atoms with van der Waals surface area (Å²) in [6.07, 6.45) is 3.47. The van der Waals surface area contributed by atoms with Gasteiger partial charge >= 0.3 is 0 Å². The molecule has 172 valence electrons. The zero-order valence-electron chi connectivity index (χ0n) is 22.6. The highest BCUT2D eigenvalue weighted by Crippen LogP contribution is 2.34. The lowest BCUT2D eigenvalue weighted by molar-refractivity contribution is 0.562. The summed E-state index contributed by atoms with van der Waals surface area (Å²) in [6.45, 7) is 27.9. The summed E-state index contributed by atoms with van der Waals surface area (Å²) < 4.78 is 0. The van der Waals surface area contributed by atoms with E-state index in [9.17, 15) is 0 Å². The van der Waals surface area contributed by atoms with Crippen LogP contribution in [0.1, 0.15) is 123 Å². The lowest BCUT2D eigenvalue weighted by Crippen LogP contribution is -2.18. The van der Waals surface area contributed by atoms with E-state index in [4.69, 9.17) is 0 Å². The molecule has 2 aromatic carbocycles. The monoisotopic (exact) mass is 420 g/mol. The van der Waals surface area contributed by atoms with E-state index in [1.807, 2.05) is 0 Å². The Morgan fingerprint density at radius 2 is 0.774 bits per heavy atom. The first-order valence-electron chi connectivity index (χ1n) is 12.2. The largest absolute Gasteiger partial charge is 0.0582 e. The van der Waals surface area contributed by atoms with Crippen LogP contribution in [0.15, 0.2) is 36.4 Å². The van der Waals surface area contributed by atoms with Crippen molar-refractivity contribution in [2.75, 3.05) is 0 Å². The fraction of sp³-hybridized carbons (Fsp3) is 0.613. The minimum absolute atomic E-state index is 0.175. The van der Waals surface area contributed by atoms with Crippen LogP contribution in [0.5, 0.6) is 0 Å². The first-order valence-corrected chi connectivity index (χ1v) is 12.2. The molecule has 0 N–H and O–H groups in total. The Bertz CT molecular complexity index is 808. The summed E-state index contributed by atoms with van der Waals surface area (Å²) >= 11 is 0. The molecular formula is C31H48. The normalized spacial score (nSPS) is 13.5. The molecule has 31 heavy (non-hydrogen) atoms. The molecule has 0 saturated heterocycles. The smallest absolute Gasteiger partial charge is 0.0129 e. The Balaban J connectivity index is 2.36. The van der Waals surface area contributed by atoms with E-state index < -0.39 is 0 Å². The maximum atomic E-state index is 2.48. The summed E-state index contributed by atoms with van der Waals surface area (Å²) in [4.78, 5) is 0. The Kier molecular flexibility index (Phi) is 7.26. The van der Waals surface area contributed by atoms with Crippen LogP contribution >= 0.6 is 0 Å². The van der Waals surface area contributed by atoms with Gasteiger partial charge in [-0.1, -0.05) is 119 Å². The van der Waals surface area contributed by atoms with Gasteiger partial charge in [0.15, 0.2) is 0 Å². The number of hydrogen-bond donors (Lipinski definition) is 0. The second kappa shape index (κ2) is 8.76. The van der Waals surface area contributed by atoms with E-state index in [1.165, 1.54) is 39.8 Å². The quantitative estimate of drug-likeness (QED) is 0.462. The van der Waals surface area contributed by atoms with Crippen molar-refractivity contribution < 1.29 is 0 Å². The summed E-state index contributed by atoms with van der Waals surface area (Å²) in [5.74, 6) is 0. The minimum Gasteiger partial charge on any atom is -0.0582 e. The molecule has 0 atom stereocenters. The molecule has 0 heteroatoms. The van der Waals surface area contributed by atoms with Gasteiger partial charge in [-0.3, -0.25) is 0 Å². The summed E-state index contributed by atoms with van der Waals surface area (Å²) in [6, 6.07) is 14.4. The molecular weight excluding hydrogens is 372 g/mol. The number of hydrogen-bond acceptors (Lipinski definition) is 0. The summed E-state index contributed by atoms with van der Waals surface area (Å²) in [7, 11) is 0. The number of rotatable bonds is 4. The van der Waals surface area contributed by atoms with Crippen LogP contribution in [0, 0.1) is 0 Å². The first kappa shape index (κ1) is 25.7. The minimum atomic E-state index is 0.175. The van der Waals surface area contributed by atoms with E-state index in [0.717, 1.165) is 12.8 Å². The van der Waals surface area contributed by atoms with Crippen molar-refractivity contribution in [3.8, 4) is 0 Å². The van der Waals surface area contributed by atoms with Gasteiger partial charge in [-0.2, -0.15) is 0 Å². The topological polar surface area (TPSA) is 0 Å². The van der Waals surface area contributed by atoms with E-state index in [1.54, 1.807) is 0 Å². The van der Waals surface area contributed by atoms with Crippen molar-refractivity contribution >= 4 is 0 Å². The lowest BCUT2D eigenvalue weighted by Gasteiger charge is -2.28. The second-order valence-electron chi connectivity index (χ2n) is 13.6. The maximum Gasteiger partial charge on any atom is -0.0129 e. The fourth-order valence-electron chi connectivity index (χ4n) is 4.47. The molecule has 0 fully saturated rings. The average Bonchev–Trinajstić information content (AvgIpc) is 2.58. The predicted molar refractivity (Wildman–Crippen MR) is 140 cm³/mol. The van der Waals surface area contributed by atoms with Crippen molar-refractivity contribution in [3.05, 3.63) is 69.8 Å². The maximum absolute atomic E-state index is 2.48. The van der Waals surface area contributed by atoms with E-state index >= 15 is 0 Å². The van der Waals surface area contributed by atoms with Crippen molar-refractivity contribution in [1.82, 2.24) is 0 Å². The van der Waals surface area contributed by atoms with Crippen LogP contribution in [0.4, 0.5) is 0 Å². The zero-order valence-corrected chi connectivity index (χ0v) is 22.6. The fourth-order valence-corrected chi connectivity index (χ4v) is 4.47. The molecule has 0 bridgehead atoms. The van der Waals surface area contributed by atoms with Crippen LogP contribution in [0.3, 0.4) is 0 Å². The molecule has 0 nitrogen and oxygen atoms in total. The molecule has 0 aliphatic heterocycles. The third-order valence-corrected chi connectivity index (χ3v) is 6.45. The summed E-state index contributed by atoms with van der Waals surface area (Å²) in [5, 5.41) is 0. The van der Waals surface area contributed by atoms with Gasteiger partial charge in [-0.25, -0.2) is 0 Å². The highest BCUT2D eigenvalue weighted by Gasteiger charge is 2.23. The molecule has 0 aliphatic rings. The van der Waals surface area contributed by atoms with Crippen molar-refractivity contribution in [2.45, 2.75) is 124 Å². The molecule has 0 aliphatic carbocycles. The van der Waals surface area contributed by atoms with Crippen LogP contribution < -0.4 is 0 Å². The Hall–Kier alpha value is -1.56. The standard InChI is InChI=1S/C31H48/c1-28(2,3)24-16-18-26(30(7,8)9)22(20-24)14-13-15-23-21-25(29(4,5)6)17-19-27(23)31(10,11)12/h16-21H,13-15H2,1-12H3. The van der Waals surface area contributed by atoms with E-state index in [-0.39, 0.29) is 21.7 Å². The third-order valence-electron chi connectivity index (χ3n) is 6.45. The van der Waals surface area contributed by atoms with Gasteiger partial charge < -0.3 is 0 Å². The third kappa shape index (κ3) is 6.71. The van der Waals surface area contributed by atoms with Crippen LogP contribution in [0.25, 0.3) is 0 Å². The van der Waals surface area contributed by atoms with Crippen LogP contribution in [-0.4, -0.2) is 0 Å². The van der Waals surface area contributed by atoms with Gasteiger partial charge in [0.25, 0.3) is 0 Å². The number of aryl methyl sites for hydroxylation is 2. The first-order chi connectivity index (χ1) is 13.9. The lowest BCUT2D eigenvalue weighted by atomic mass is 9.77. The molecule has 0 radical (unpaired) electrons. The van der Waals surface area contributed by atoms with Gasteiger partial charge in [0.2, 0.25) is 0 Å². The molecule has 0 spiro atoms. The Labute approximate surface area is 193 Å². The highest BCUT2D eigenvalue weighted by atomic mass is 14.3. The number of benzene rings is 2. The SMILES string of the molecule is CC(C)(C)c1ccc(C(C)(C)C)c(CCCc2cc(C(C)(C)C)ccc2C(C)(C)C)c1. The van der Waals surface area contributed by atoms with E-state index in [2.05, 4.69) is 119 Å². The molecule has 2 rings (SSSR count). The van der Waals surface area contributed by atoms with Gasteiger partial charge in [0, 0.05) is 0 Å². The molecule has 0 unspecified atom stereocenters. The molecule has 0 aromatic heterocycles. The van der Waals surface area contributed by atoms with Crippen molar-refractivity contribution in [2.24, 2.45) is 0 Å². The zero-order chi connectivity index (χ0) is 23.8. The van der Waals surface area contributed by atoms with Crippen LogP contribution in [-0.2, 0) is 34.5 Å². The molecule has 0 heterocycles. The van der Waals surface area contributed by atoms with Crippen molar-refractivity contribution in [3.63, 3.8) is 0 Å². The molecule has 0 amide bonds. The molecule has 2 aromatic rings. The van der Waals surface area contributed by atoms with Gasteiger partial charge in [-0.05, 0) is 74.3 Å². The highest BCUT2D eigenvalue weighted by molar-refractivity contribution is 5.41. The average molecular weight is 421 g/mol. The van der Waals surface area contributed by atoms with Crippen LogP contribution in [0.2, 0.25) is 0 Å². The Morgan fingerprint density at radius 1 is 0.452 bits per heavy atom. The van der Waals surface area contributed by atoms with Gasteiger partial charge in [0.1, 0.15) is 0 Å². The second-order valence-corrected chi connectivity index (χ2v) is 13.6. The predicted octanol–water partition coefficient (Wildman–Crippen LogP) is 9.05. The summed E-state index contributed by atoms with van der Waals surface area (Å²) in [5.41, 5.74) is 9.68. The van der Waals surface area contributed by atoms with Crippen molar-refractivity contribution in [1.29, 1.82) is 0 Å². The van der Waals surface area contributed by atoms with Gasteiger partial charge in [0.05, 0.1) is 0 Å². The van der Waals surface area contributed by atoms with Gasteiger partial charge in [-0.15, -0.1) is 0 Å². The molecule has 0 saturated carbocycles.